The summed E-state index contributed by atoms with van der Waals surface area (Å²) < 4.78 is 18.6. The van der Waals surface area contributed by atoms with E-state index in [0.29, 0.717) is 29.4 Å². The van der Waals surface area contributed by atoms with Crippen molar-refractivity contribution >= 4 is 0 Å². The van der Waals surface area contributed by atoms with Crippen LogP contribution in [0.1, 0.15) is 30.7 Å². The van der Waals surface area contributed by atoms with Crippen molar-refractivity contribution in [3.8, 4) is 11.4 Å². The standard InChI is InChI=1S/C13H16FN3O/c1-3-9(7-15)13-16-12(17-18-13)10-5-4-8(2)11(14)6-10/h4-6,9H,3,7,15H2,1-2H3. The molecule has 0 saturated heterocycles. The lowest BCUT2D eigenvalue weighted by molar-refractivity contribution is 0.351. The minimum absolute atomic E-state index is 0.0570. The molecule has 0 aliphatic heterocycles. The second-order valence-corrected chi connectivity index (χ2v) is 4.26. The van der Waals surface area contributed by atoms with Crippen molar-refractivity contribution in [2.45, 2.75) is 26.2 Å². The molecule has 0 radical (unpaired) electrons. The molecule has 18 heavy (non-hydrogen) atoms. The molecule has 4 nitrogen and oxygen atoms in total. The maximum atomic E-state index is 13.5. The van der Waals surface area contributed by atoms with Gasteiger partial charge in [-0.1, -0.05) is 24.2 Å². The van der Waals surface area contributed by atoms with Crippen molar-refractivity contribution in [2.75, 3.05) is 6.54 Å². The van der Waals surface area contributed by atoms with Gasteiger partial charge in [0.1, 0.15) is 5.82 Å². The van der Waals surface area contributed by atoms with Crippen molar-refractivity contribution in [1.82, 2.24) is 10.1 Å². The molecule has 2 rings (SSSR count). The Morgan fingerprint density at radius 2 is 2.22 bits per heavy atom. The molecule has 96 valence electrons. The van der Waals surface area contributed by atoms with Gasteiger partial charge in [0, 0.05) is 12.1 Å². The monoisotopic (exact) mass is 249 g/mol. The first kappa shape index (κ1) is 12.7. The normalized spacial score (nSPS) is 12.7. The van der Waals surface area contributed by atoms with E-state index in [0.717, 1.165) is 6.42 Å². The zero-order valence-corrected chi connectivity index (χ0v) is 10.5. The van der Waals surface area contributed by atoms with Crippen molar-refractivity contribution in [2.24, 2.45) is 5.73 Å². The van der Waals surface area contributed by atoms with Crippen LogP contribution in [0.3, 0.4) is 0 Å². The fourth-order valence-corrected chi connectivity index (χ4v) is 1.69. The summed E-state index contributed by atoms with van der Waals surface area (Å²) in [5, 5.41) is 3.87. The SMILES string of the molecule is CCC(CN)c1nc(-c2ccc(C)c(F)c2)no1. The molecule has 1 unspecified atom stereocenters. The van der Waals surface area contributed by atoms with Gasteiger partial charge in [0.15, 0.2) is 0 Å². The van der Waals surface area contributed by atoms with Gasteiger partial charge in [-0.25, -0.2) is 4.39 Å². The summed E-state index contributed by atoms with van der Waals surface area (Å²) in [6.07, 6.45) is 0.834. The second-order valence-electron chi connectivity index (χ2n) is 4.26. The van der Waals surface area contributed by atoms with E-state index in [-0.39, 0.29) is 11.7 Å². The Balaban J connectivity index is 2.31. The third-order valence-corrected chi connectivity index (χ3v) is 3.00. The van der Waals surface area contributed by atoms with E-state index in [2.05, 4.69) is 10.1 Å². The Hall–Kier alpha value is -1.75. The summed E-state index contributed by atoms with van der Waals surface area (Å²) in [4.78, 5) is 4.27. The fraction of sp³-hybridized carbons (Fsp3) is 0.385. The molecule has 2 N–H and O–H groups in total. The van der Waals surface area contributed by atoms with Gasteiger partial charge in [0.05, 0.1) is 5.92 Å². The summed E-state index contributed by atoms with van der Waals surface area (Å²) in [5.74, 6) is 0.693. The third-order valence-electron chi connectivity index (χ3n) is 3.00. The highest BCUT2D eigenvalue weighted by atomic mass is 19.1. The van der Waals surface area contributed by atoms with Crippen LogP contribution in [-0.2, 0) is 0 Å². The van der Waals surface area contributed by atoms with E-state index in [1.54, 1.807) is 19.1 Å². The molecule has 0 bridgehead atoms. The molecule has 0 spiro atoms. The first-order valence-electron chi connectivity index (χ1n) is 5.96. The number of rotatable bonds is 4. The molecule has 0 fully saturated rings. The first-order chi connectivity index (χ1) is 8.65. The molecular weight excluding hydrogens is 233 g/mol. The van der Waals surface area contributed by atoms with Crippen LogP contribution in [0.25, 0.3) is 11.4 Å². The molecule has 0 amide bonds. The lowest BCUT2D eigenvalue weighted by atomic mass is 10.1. The third kappa shape index (κ3) is 2.41. The van der Waals surface area contributed by atoms with E-state index in [4.69, 9.17) is 10.3 Å². The van der Waals surface area contributed by atoms with E-state index >= 15 is 0 Å². The minimum Gasteiger partial charge on any atom is -0.339 e. The van der Waals surface area contributed by atoms with Crippen LogP contribution >= 0.6 is 0 Å². The number of halogens is 1. The predicted octanol–water partition coefficient (Wildman–Crippen LogP) is 2.64. The maximum Gasteiger partial charge on any atom is 0.231 e. The van der Waals surface area contributed by atoms with E-state index in [1.807, 2.05) is 6.92 Å². The molecule has 2 aromatic rings. The van der Waals surface area contributed by atoms with E-state index in [9.17, 15) is 4.39 Å². The number of nitrogens with zero attached hydrogens (tertiary/aromatic N) is 2. The van der Waals surface area contributed by atoms with Gasteiger partial charge in [-0.2, -0.15) is 4.98 Å². The number of aromatic nitrogens is 2. The highest BCUT2D eigenvalue weighted by Crippen LogP contribution is 2.22. The van der Waals surface area contributed by atoms with Gasteiger partial charge in [-0.15, -0.1) is 0 Å². The summed E-state index contributed by atoms with van der Waals surface area (Å²) in [5.41, 5.74) is 6.82. The van der Waals surface area contributed by atoms with E-state index in [1.165, 1.54) is 6.07 Å². The summed E-state index contributed by atoms with van der Waals surface area (Å²) in [6.45, 7) is 4.18. The Morgan fingerprint density at radius 3 is 2.83 bits per heavy atom. The highest BCUT2D eigenvalue weighted by Gasteiger charge is 2.16. The Bertz CT molecular complexity index is 535. The first-order valence-corrected chi connectivity index (χ1v) is 5.96. The topological polar surface area (TPSA) is 64.9 Å². The van der Waals surface area contributed by atoms with Gasteiger partial charge in [-0.3, -0.25) is 0 Å². The second kappa shape index (κ2) is 5.27. The Morgan fingerprint density at radius 1 is 1.44 bits per heavy atom. The Kier molecular flexibility index (Phi) is 3.72. The molecule has 5 heteroatoms. The average molecular weight is 249 g/mol. The zero-order valence-electron chi connectivity index (χ0n) is 10.5. The van der Waals surface area contributed by atoms with Gasteiger partial charge in [0.25, 0.3) is 0 Å². The molecule has 0 saturated carbocycles. The summed E-state index contributed by atoms with van der Waals surface area (Å²) in [6, 6.07) is 4.88. The molecular formula is C13H16FN3O. The van der Waals surface area contributed by atoms with Crippen LogP contribution < -0.4 is 5.73 Å². The number of benzene rings is 1. The minimum atomic E-state index is -0.273. The van der Waals surface area contributed by atoms with Gasteiger partial charge in [-0.05, 0) is 25.0 Å². The molecule has 0 aliphatic carbocycles. The fourth-order valence-electron chi connectivity index (χ4n) is 1.69. The van der Waals surface area contributed by atoms with Crippen molar-refractivity contribution in [3.63, 3.8) is 0 Å². The summed E-state index contributed by atoms with van der Waals surface area (Å²) in [7, 11) is 0. The Labute approximate surface area is 105 Å². The number of aryl methyl sites for hydroxylation is 1. The highest BCUT2D eigenvalue weighted by molar-refractivity contribution is 5.54. The van der Waals surface area contributed by atoms with Crippen molar-refractivity contribution in [3.05, 3.63) is 35.5 Å². The van der Waals surface area contributed by atoms with Crippen LogP contribution in [0.2, 0.25) is 0 Å². The summed E-state index contributed by atoms with van der Waals surface area (Å²) >= 11 is 0. The van der Waals surface area contributed by atoms with Gasteiger partial charge in [0.2, 0.25) is 11.7 Å². The molecule has 1 heterocycles. The van der Waals surface area contributed by atoms with Crippen LogP contribution in [0.15, 0.2) is 22.7 Å². The van der Waals surface area contributed by atoms with Gasteiger partial charge >= 0.3 is 0 Å². The molecule has 1 aromatic carbocycles. The number of hydrogen-bond acceptors (Lipinski definition) is 4. The lowest BCUT2D eigenvalue weighted by Gasteiger charge is -2.04. The number of hydrogen-bond donors (Lipinski definition) is 1. The van der Waals surface area contributed by atoms with Crippen LogP contribution in [0.5, 0.6) is 0 Å². The van der Waals surface area contributed by atoms with Crippen molar-refractivity contribution < 1.29 is 8.91 Å². The van der Waals surface area contributed by atoms with E-state index < -0.39 is 0 Å². The van der Waals surface area contributed by atoms with Crippen LogP contribution in [0, 0.1) is 12.7 Å². The maximum absolute atomic E-state index is 13.5. The van der Waals surface area contributed by atoms with Crippen molar-refractivity contribution in [1.29, 1.82) is 0 Å². The molecule has 0 aliphatic rings. The lowest BCUT2D eigenvalue weighted by Crippen LogP contribution is -2.11. The largest absolute Gasteiger partial charge is 0.339 e. The number of nitrogens with two attached hydrogens (primary N) is 1. The van der Waals surface area contributed by atoms with Gasteiger partial charge < -0.3 is 10.3 Å². The van der Waals surface area contributed by atoms with Crippen LogP contribution in [0.4, 0.5) is 4.39 Å². The quantitative estimate of drug-likeness (QED) is 0.904. The smallest absolute Gasteiger partial charge is 0.231 e. The average Bonchev–Trinajstić information content (AvgIpc) is 2.84. The predicted molar refractivity (Wildman–Crippen MR) is 66.5 cm³/mol. The van der Waals surface area contributed by atoms with Crippen LogP contribution in [-0.4, -0.2) is 16.7 Å². The molecule has 1 atom stereocenters. The molecule has 1 aromatic heterocycles. The zero-order chi connectivity index (χ0) is 13.1.